The van der Waals surface area contributed by atoms with Gasteiger partial charge in [0.25, 0.3) is 0 Å². The van der Waals surface area contributed by atoms with Gasteiger partial charge in [-0.15, -0.1) is 0 Å². The van der Waals surface area contributed by atoms with E-state index in [9.17, 15) is 30.3 Å². The molecule has 0 aliphatic heterocycles. The van der Waals surface area contributed by atoms with Crippen LogP contribution in [0.4, 0.5) is 0 Å². The molecule has 0 spiro atoms. The van der Waals surface area contributed by atoms with Crippen LogP contribution in [0.1, 0.15) is 138 Å². The zero-order valence-corrected chi connectivity index (χ0v) is 29.7. The minimum absolute atomic E-state index is 0.0387. The van der Waals surface area contributed by atoms with Crippen LogP contribution in [0.15, 0.2) is 65.3 Å². The van der Waals surface area contributed by atoms with E-state index in [1.807, 2.05) is 26.8 Å². The van der Waals surface area contributed by atoms with Gasteiger partial charge in [0.1, 0.15) is 28.6 Å². The number of aromatic hydroxyl groups is 4. The summed E-state index contributed by atoms with van der Waals surface area (Å²) in [5, 5.41) is 51.1. The smallest absolute Gasteiger partial charge is 0.339 e. The lowest BCUT2D eigenvalue weighted by Gasteiger charge is -2.32. The van der Waals surface area contributed by atoms with Gasteiger partial charge in [-0.05, 0) is 121 Å². The van der Waals surface area contributed by atoms with Crippen molar-refractivity contribution in [2.75, 3.05) is 0 Å². The molecule has 0 saturated carbocycles. The molecule has 0 amide bonds. The van der Waals surface area contributed by atoms with Crippen LogP contribution >= 0.6 is 0 Å². The number of carbonyl (C=O) groups is 1. The quantitative estimate of drug-likeness (QED) is 0.103. The van der Waals surface area contributed by atoms with E-state index in [1.54, 1.807) is 12.1 Å². The standard InChI is InChI=1S/C21H32O2.C20H26O4/c1-5-6-7-11-18-14-20(22)19(21(23)15-18)13-12-17(4)10-8-9-16(2)3;1-5-6-13-10-16(21)18(19(22)17(13)20(23)24)15-9-12(4)7-8-14(15)11(2)3/h9,12,14-15,22-23H,5-8,10-11,13H2,1-4H3;9-10,14-15,21-22H,2,5-8H2,1,3-4H3,(H,23,24)/b17-12+;/t;14-,15+/m.0/s1. The number of aromatic carboxylic acids is 1. The lowest BCUT2D eigenvalue weighted by molar-refractivity contribution is 0.0692. The molecule has 0 radical (unpaired) electrons. The first-order chi connectivity index (χ1) is 22.2. The first-order valence-corrected chi connectivity index (χ1v) is 17.2. The van der Waals surface area contributed by atoms with Gasteiger partial charge in [-0.2, -0.15) is 0 Å². The third-order valence-electron chi connectivity index (χ3n) is 8.92. The second-order valence-electron chi connectivity index (χ2n) is 13.4. The molecule has 0 heterocycles. The average Bonchev–Trinajstić information content (AvgIpc) is 2.97. The van der Waals surface area contributed by atoms with Crippen LogP contribution in [0.25, 0.3) is 0 Å². The Hall–Kier alpha value is -3.93. The van der Waals surface area contributed by atoms with Crippen LogP contribution in [-0.4, -0.2) is 31.5 Å². The molecule has 6 nitrogen and oxygen atoms in total. The van der Waals surface area contributed by atoms with Crippen molar-refractivity contribution in [1.82, 2.24) is 0 Å². The van der Waals surface area contributed by atoms with Crippen molar-refractivity contribution < 1.29 is 30.3 Å². The number of carboxylic acids is 1. The maximum absolute atomic E-state index is 11.7. The summed E-state index contributed by atoms with van der Waals surface area (Å²) >= 11 is 0. The first-order valence-electron chi connectivity index (χ1n) is 17.2. The summed E-state index contributed by atoms with van der Waals surface area (Å²) in [6, 6.07) is 5.10. The second kappa shape index (κ2) is 19.0. The van der Waals surface area contributed by atoms with E-state index in [0.717, 1.165) is 56.1 Å². The van der Waals surface area contributed by atoms with E-state index >= 15 is 0 Å². The minimum atomic E-state index is -1.17. The molecule has 5 N–H and O–H groups in total. The lowest BCUT2D eigenvalue weighted by atomic mass is 9.73. The van der Waals surface area contributed by atoms with E-state index in [0.29, 0.717) is 29.5 Å². The van der Waals surface area contributed by atoms with E-state index in [1.165, 1.54) is 35.6 Å². The van der Waals surface area contributed by atoms with Crippen molar-refractivity contribution >= 4 is 5.97 Å². The molecule has 3 rings (SSSR count). The topological polar surface area (TPSA) is 118 Å². The van der Waals surface area contributed by atoms with Gasteiger partial charge in [-0.1, -0.05) is 80.2 Å². The molecular formula is C41H58O6. The molecule has 6 heteroatoms. The van der Waals surface area contributed by atoms with Crippen molar-refractivity contribution in [3.05, 3.63) is 93.1 Å². The number of phenols is 4. The average molecular weight is 647 g/mol. The van der Waals surface area contributed by atoms with E-state index in [-0.39, 0.29) is 40.4 Å². The molecule has 1 aliphatic rings. The van der Waals surface area contributed by atoms with Crippen LogP contribution in [0.3, 0.4) is 0 Å². The highest BCUT2D eigenvalue weighted by Gasteiger charge is 2.33. The third-order valence-corrected chi connectivity index (χ3v) is 8.92. The van der Waals surface area contributed by atoms with Gasteiger partial charge in [0.2, 0.25) is 0 Å². The Morgan fingerprint density at radius 3 is 2.13 bits per heavy atom. The van der Waals surface area contributed by atoms with Crippen molar-refractivity contribution in [2.45, 2.75) is 125 Å². The first kappa shape index (κ1) is 39.2. The van der Waals surface area contributed by atoms with Crippen molar-refractivity contribution in [3.63, 3.8) is 0 Å². The second-order valence-corrected chi connectivity index (χ2v) is 13.4. The Morgan fingerprint density at radius 2 is 1.57 bits per heavy atom. The van der Waals surface area contributed by atoms with Gasteiger partial charge in [0.15, 0.2) is 0 Å². The molecule has 0 aromatic heterocycles. The van der Waals surface area contributed by atoms with E-state index in [4.69, 9.17) is 0 Å². The summed E-state index contributed by atoms with van der Waals surface area (Å²) in [4.78, 5) is 11.7. The molecule has 258 valence electrons. The van der Waals surface area contributed by atoms with E-state index < -0.39 is 5.97 Å². The summed E-state index contributed by atoms with van der Waals surface area (Å²) in [6.45, 7) is 18.4. The molecule has 2 aromatic carbocycles. The number of benzene rings is 2. The summed E-state index contributed by atoms with van der Waals surface area (Å²) in [5.74, 6) is -1.28. The molecule has 2 aromatic rings. The Kier molecular flexibility index (Phi) is 15.9. The van der Waals surface area contributed by atoms with Gasteiger partial charge in [-0.25, -0.2) is 4.79 Å². The molecule has 0 fully saturated rings. The van der Waals surface area contributed by atoms with Crippen LogP contribution in [0.2, 0.25) is 0 Å². The number of aryl methyl sites for hydroxylation is 2. The molecule has 2 atom stereocenters. The van der Waals surface area contributed by atoms with Crippen LogP contribution in [-0.2, 0) is 19.3 Å². The summed E-state index contributed by atoms with van der Waals surface area (Å²) < 4.78 is 0. The van der Waals surface area contributed by atoms with Crippen LogP contribution < -0.4 is 0 Å². The Morgan fingerprint density at radius 1 is 0.915 bits per heavy atom. The van der Waals surface area contributed by atoms with Gasteiger partial charge in [0.05, 0.1) is 0 Å². The predicted octanol–water partition coefficient (Wildman–Crippen LogP) is 10.8. The molecule has 47 heavy (non-hydrogen) atoms. The highest BCUT2D eigenvalue weighted by molar-refractivity contribution is 5.94. The highest BCUT2D eigenvalue weighted by Crippen LogP contribution is 2.48. The van der Waals surface area contributed by atoms with Gasteiger partial charge in [-0.3, -0.25) is 0 Å². The fourth-order valence-electron chi connectivity index (χ4n) is 6.26. The number of carboxylic acid groups (broad SMARTS) is 1. The molecule has 0 saturated heterocycles. The summed E-state index contributed by atoms with van der Waals surface area (Å²) in [5.41, 5.74) is 7.09. The fraction of sp³-hybridized carbons (Fsp3) is 0.488. The number of allylic oxidation sites excluding steroid dienone is 7. The molecule has 0 bridgehead atoms. The predicted molar refractivity (Wildman–Crippen MR) is 194 cm³/mol. The maximum Gasteiger partial charge on any atom is 0.339 e. The van der Waals surface area contributed by atoms with Gasteiger partial charge in [0, 0.05) is 17.0 Å². The monoisotopic (exact) mass is 646 g/mol. The van der Waals surface area contributed by atoms with Crippen LogP contribution in [0, 0.1) is 5.92 Å². The summed E-state index contributed by atoms with van der Waals surface area (Å²) in [7, 11) is 0. The van der Waals surface area contributed by atoms with Crippen molar-refractivity contribution in [3.8, 4) is 23.0 Å². The molecule has 0 unspecified atom stereocenters. The number of phenolic OH excluding ortho intramolecular Hbond substituents is 3. The van der Waals surface area contributed by atoms with Crippen LogP contribution in [0.5, 0.6) is 23.0 Å². The zero-order valence-electron chi connectivity index (χ0n) is 29.7. The number of unbranched alkanes of at least 4 members (excludes halogenated alkanes) is 2. The Bertz CT molecular complexity index is 1450. The van der Waals surface area contributed by atoms with Gasteiger partial charge >= 0.3 is 5.97 Å². The zero-order chi connectivity index (χ0) is 35.3. The molecule has 1 aliphatic carbocycles. The number of rotatable bonds is 14. The number of hydrogen-bond donors (Lipinski definition) is 5. The Labute approximate surface area is 282 Å². The fourth-order valence-corrected chi connectivity index (χ4v) is 6.26. The SMILES string of the molecule is C=C(C)[C@@H]1CCC(C)=C[C@H]1c1c(O)cc(CCC)c(C(=O)O)c1O.CCCCCc1cc(O)c(C/C=C(\C)CCC=C(C)C)c(O)c1. The third kappa shape index (κ3) is 11.7. The van der Waals surface area contributed by atoms with E-state index in [2.05, 4.69) is 46.4 Å². The van der Waals surface area contributed by atoms with Gasteiger partial charge < -0.3 is 25.5 Å². The Balaban J connectivity index is 0.000000327. The van der Waals surface area contributed by atoms with Crippen molar-refractivity contribution in [2.24, 2.45) is 5.92 Å². The normalized spacial score (nSPS) is 16.1. The lowest BCUT2D eigenvalue weighted by Crippen LogP contribution is -2.18. The summed E-state index contributed by atoms with van der Waals surface area (Å²) in [6.07, 6.45) is 16.4. The minimum Gasteiger partial charge on any atom is -0.508 e. The largest absolute Gasteiger partial charge is 0.508 e. The maximum atomic E-state index is 11.7. The number of hydrogen-bond acceptors (Lipinski definition) is 5. The molecular weight excluding hydrogens is 588 g/mol. The highest BCUT2D eigenvalue weighted by atomic mass is 16.4. The van der Waals surface area contributed by atoms with Crippen molar-refractivity contribution in [1.29, 1.82) is 0 Å².